The van der Waals surface area contributed by atoms with E-state index in [1.54, 1.807) is 7.11 Å². The highest BCUT2D eigenvalue weighted by Crippen LogP contribution is 2.17. The third-order valence-corrected chi connectivity index (χ3v) is 2.04. The zero-order valence-electron chi connectivity index (χ0n) is 7.58. The maximum Gasteiger partial charge on any atom is 0.118 e. The predicted molar refractivity (Wildman–Crippen MR) is 50.5 cm³/mol. The first kappa shape index (κ1) is 9.07. The molecule has 66 valence electrons. The number of methoxy groups -OCH3 is 1. The highest BCUT2D eigenvalue weighted by molar-refractivity contribution is 5.29. The van der Waals surface area contributed by atoms with Crippen LogP contribution in [-0.4, -0.2) is 13.7 Å². The summed E-state index contributed by atoms with van der Waals surface area (Å²) in [5.74, 6) is 1.32. The summed E-state index contributed by atoms with van der Waals surface area (Å²) in [6.07, 6.45) is 0. The Hall–Kier alpha value is -1.02. The number of hydrogen-bond donors (Lipinski definition) is 1. The lowest BCUT2D eigenvalue weighted by molar-refractivity contribution is 0.414. The van der Waals surface area contributed by atoms with E-state index in [0.717, 1.165) is 5.75 Å². The number of rotatable bonds is 3. The van der Waals surface area contributed by atoms with Crippen LogP contribution in [0.3, 0.4) is 0 Å². The molecule has 2 N–H and O–H groups in total. The summed E-state index contributed by atoms with van der Waals surface area (Å²) >= 11 is 0. The summed E-state index contributed by atoms with van der Waals surface area (Å²) in [7, 11) is 1.67. The van der Waals surface area contributed by atoms with Crippen molar-refractivity contribution >= 4 is 0 Å². The van der Waals surface area contributed by atoms with E-state index in [1.165, 1.54) is 5.56 Å². The molecule has 0 aliphatic heterocycles. The Morgan fingerprint density at radius 3 is 2.33 bits per heavy atom. The van der Waals surface area contributed by atoms with Crippen molar-refractivity contribution in [2.75, 3.05) is 13.7 Å². The third kappa shape index (κ3) is 1.98. The summed E-state index contributed by atoms with van der Waals surface area (Å²) in [6.45, 7) is 2.80. The molecule has 0 unspecified atom stereocenters. The smallest absolute Gasteiger partial charge is 0.118 e. The van der Waals surface area contributed by atoms with E-state index in [-0.39, 0.29) is 0 Å². The van der Waals surface area contributed by atoms with Crippen LogP contribution < -0.4 is 10.5 Å². The molecule has 0 aliphatic rings. The van der Waals surface area contributed by atoms with Gasteiger partial charge in [0.1, 0.15) is 5.75 Å². The van der Waals surface area contributed by atoms with E-state index in [9.17, 15) is 0 Å². The number of benzene rings is 1. The molecular weight excluding hydrogens is 150 g/mol. The Morgan fingerprint density at radius 2 is 1.92 bits per heavy atom. The summed E-state index contributed by atoms with van der Waals surface area (Å²) in [4.78, 5) is 0. The molecule has 0 fully saturated rings. The van der Waals surface area contributed by atoms with Gasteiger partial charge in [-0.25, -0.2) is 0 Å². The molecule has 1 rings (SSSR count). The SMILES string of the molecule is COc1ccc([C@H](C)CN)cc1. The second-order valence-electron chi connectivity index (χ2n) is 2.91. The summed E-state index contributed by atoms with van der Waals surface area (Å²) in [5.41, 5.74) is 6.81. The van der Waals surface area contributed by atoms with Gasteiger partial charge in [0.25, 0.3) is 0 Å². The second-order valence-corrected chi connectivity index (χ2v) is 2.91. The Morgan fingerprint density at radius 1 is 1.33 bits per heavy atom. The van der Waals surface area contributed by atoms with Gasteiger partial charge in [0.15, 0.2) is 0 Å². The summed E-state index contributed by atoms with van der Waals surface area (Å²) in [5, 5.41) is 0. The number of ether oxygens (including phenoxy) is 1. The first-order chi connectivity index (χ1) is 5.77. The minimum Gasteiger partial charge on any atom is -0.497 e. The fourth-order valence-corrected chi connectivity index (χ4v) is 1.07. The van der Waals surface area contributed by atoms with Crippen LogP contribution in [0.25, 0.3) is 0 Å². The van der Waals surface area contributed by atoms with Crippen molar-refractivity contribution in [2.45, 2.75) is 12.8 Å². The van der Waals surface area contributed by atoms with Crippen LogP contribution in [0.5, 0.6) is 5.75 Å². The molecule has 1 aromatic carbocycles. The van der Waals surface area contributed by atoms with Gasteiger partial charge in [-0.05, 0) is 30.2 Å². The van der Waals surface area contributed by atoms with E-state index in [1.807, 2.05) is 12.1 Å². The molecule has 0 aliphatic carbocycles. The maximum absolute atomic E-state index is 5.54. The van der Waals surface area contributed by atoms with Gasteiger partial charge in [-0.3, -0.25) is 0 Å². The van der Waals surface area contributed by atoms with Crippen molar-refractivity contribution in [3.05, 3.63) is 29.8 Å². The van der Waals surface area contributed by atoms with Crippen molar-refractivity contribution in [2.24, 2.45) is 5.73 Å². The topological polar surface area (TPSA) is 35.2 Å². The van der Waals surface area contributed by atoms with Crippen molar-refractivity contribution in [1.82, 2.24) is 0 Å². The molecule has 0 amide bonds. The Labute approximate surface area is 73.3 Å². The minimum absolute atomic E-state index is 0.427. The number of hydrogen-bond acceptors (Lipinski definition) is 2. The third-order valence-electron chi connectivity index (χ3n) is 2.04. The fourth-order valence-electron chi connectivity index (χ4n) is 1.07. The van der Waals surface area contributed by atoms with Crippen LogP contribution in [0.1, 0.15) is 18.4 Å². The zero-order valence-corrected chi connectivity index (χ0v) is 7.58. The Bertz CT molecular complexity index is 230. The maximum atomic E-state index is 5.54. The highest BCUT2D eigenvalue weighted by atomic mass is 16.5. The molecule has 1 atom stereocenters. The van der Waals surface area contributed by atoms with Gasteiger partial charge < -0.3 is 10.5 Å². The first-order valence-electron chi connectivity index (χ1n) is 4.12. The van der Waals surface area contributed by atoms with E-state index in [4.69, 9.17) is 10.5 Å². The van der Waals surface area contributed by atoms with Gasteiger partial charge in [0.2, 0.25) is 0 Å². The van der Waals surface area contributed by atoms with Crippen LogP contribution >= 0.6 is 0 Å². The molecule has 2 heteroatoms. The average molecular weight is 165 g/mol. The molecule has 2 nitrogen and oxygen atoms in total. The molecule has 0 spiro atoms. The molecule has 1 aromatic rings. The molecule has 0 saturated carbocycles. The largest absolute Gasteiger partial charge is 0.497 e. The van der Waals surface area contributed by atoms with Crippen LogP contribution in [-0.2, 0) is 0 Å². The van der Waals surface area contributed by atoms with E-state index >= 15 is 0 Å². The van der Waals surface area contributed by atoms with Crippen molar-refractivity contribution in [3.8, 4) is 5.75 Å². The summed E-state index contributed by atoms with van der Waals surface area (Å²) < 4.78 is 5.05. The molecule has 0 aromatic heterocycles. The van der Waals surface area contributed by atoms with Crippen molar-refractivity contribution < 1.29 is 4.74 Å². The second kappa shape index (κ2) is 4.12. The number of nitrogens with two attached hydrogens (primary N) is 1. The Kier molecular flexibility index (Phi) is 3.11. The minimum atomic E-state index is 0.427. The first-order valence-corrected chi connectivity index (χ1v) is 4.12. The summed E-state index contributed by atoms with van der Waals surface area (Å²) in [6, 6.07) is 8.02. The zero-order chi connectivity index (χ0) is 8.97. The fraction of sp³-hybridized carbons (Fsp3) is 0.400. The van der Waals surface area contributed by atoms with Crippen LogP contribution in [0, 0.1) is 0 Å². The molecule has 0 radical (unpaired) electrons. The van der Waals surface area contributed by atoms with Crippen LogP contribution in [0.4, 0.5) is 0 Å². The lowest BCUT2D eigenvalue weighted by atomic mass is 10.0. The van der Waals surface area contributed by atoms with Gasteiger partial charge >= 0.3 is 0 Å². The quantitative estimate of drug-likeness (QED) is 0.740. The molecule has 0 saturated heterocycles. The van der Waals surface area contributed by atoms with Gasteiger partial charge in [0, 0.05) is 0 Å². The normalized spacial score (nSPS) is 12.6. The van der Waals surface area contributed by atoms with Gasteiger partial charge in [-0.15, -0.1) is 0 Å². The van der Waals surface area contributed by atoms with Gasteiger partial charge in [0.05, 0.1) is 7.11 Å². The Balaban J connectivity index is 2.77. The molecule has 0 heterocycles. The van der Waals surface area contributed by atoms with Gasteiger partial charge in [-0.2, -0.15) is 0 Å². The average Bonchev–Trinajstić information content (AvgIpc) is 2.17. The molecule has 0 bridgehead atoms. The van der Waals surface area contributed by atoms with E-state index in [2.05, 4.69) is 19.1 Å². The highest BCUT2D eigenvalue weighted by Gasteiger charge is 2.01. The predicted octanol–water partition coefficient (Wildman–Crippen LogP) is 1.76. The lowest BCUT2D eigenvalue weighted by Gasteiger charge is -2.08. The molecule has 12 heavy (non-hydrogen) atoms. The van der Waals surface area contributed by atoms with Crippen molar-refractivity contribution in [3.63, 3.8) is 0 Å². The molecular formula is C10H15NO. The monoisotopic (exact) mass is 165 g/mol. The van der Waals surface area contributed by atoms with Crippen LogP contribution in [0.15, 0.2) is 24.3 Å². The lowest BCUT2D eigenvalue weighted by Crippen LogP contribution is -2.08. The van der Waals surface area contributed by atoms with E-state index in [0.29, 0.717) is 12.5 Å². The van der Waals surface area contributed by atoms with Gasteiger partial charge in [-0.1, -0.05) is 19.1 Å². The van der Waals surface area contributed by atoms with Crippen LogP contribution in [0.2, 0.25) is 0 Å². The van der Waals surface area contributed by atoms with E-state index < -0.39 is 0 Å². The van der Waals surface area contributed by atoms with Crippen molar-refractivity contribution in [1.29, 1.82) is 0 Å². The standard InChI is InChI=1S/C10H15NO/c1-8(7-11)9-3-5-10(12-2)6-4-9/h3-6,8H,7,11H2,1-2H3/t8-/m1/s1.